The summed E-state index contributed by atoms with van der Waals surface area (Å²) in [6.45, 7) is 42.9. The van der Waals surface area contributed by atoms with Gasteiger partial charge in [-0.1, -0.05) is 5.11 Å². The van der Waals surface area contributed by atoms with Crippen LogP contribution in [0.15, 0.2) is 5.11 Å². The predicted molar refractivity (Wildman–Crippen MR) is 458 cm³/mol. The minimum Gasteiger partial charge on any atom is -0.460 e. The lowest BCUT2D eigenvalue weighted by atomic mass is 10.1. The maximum absolute atomic E-state index is 15.3. The van der Waals surface area contributed by atoms with Crippen molar-refractivity contribution in [2.24, 2.45) is 10.8 Å². The largest absolute Gasteiger partial charge is 0.460 e. The van der Waals surface area contributed by atoms with Gasteiger partial charge in [-0.15, -0.1) is 0 Å². The topological polar surface area (TPSA) is 638 Å². The van der Waals surface area contributed by atoms with Crippen molar-refractivity contribution in [1.29, 1.82) is 0 Å². The van der Waals surface area contributed by atoms with Crippen LogP contribution in [0.25, 0.3) is 10.4 Å². The number of hydrogen-bond donors (Lipinski definition) is 11. The number of amides is 10. The van der Waals surface area contributed by atoms with Crippen molar-refractivity contribution in [2.75, 3.05) is 26.3 Å². The molecule has 0 heterocycles. The Morgan fingerprint density at radius 3 is 0.543 bits per heavy atom. The highest BCUT2D eigenvalue weighted by Gasteiger charge is 2.43. The molecule has 732 valence electrons. The van der Waals surface area contributed by atoms with Crippen LogP contribution in [0.2, 0.25) is 0 Å². The second kappa shape index (κ2) is 50.6. The van der Waals surface area contributed by atoms with Gasteiger partial charge in [-0.05, 0) is 213 Å². The van der Waals surface area contributed by atoms with Crippen LogP contribution < -0.4 is 58.9 Å². The van der Waals surface area contributed by atoms with E-state index in [1.54, 1.807) is 0 Å². The summed E-state index contributed by atoms with van der Waals surface area (Å²) in [5.74, 6) is -26.0. The molecule has 0 aliphatic rings. The number of rotatable bonds is 45. The molecular weight excluding hydrogens is 1700 g/mol. The number of azide groups is 1. The van der Waals surface area contributed by atoms with Gasteiger partial charge in [0.25, 0.3) is 0 Å². The first kappa shape index (κ1) is 118. The minimum atomic E-state index is -2.36. The maximum Gasteiger partial charge on any atom is 0.308 e. The van der Waals surface area contributed by atoms with Gasteiger partial charge in [-0.2, -0.15) is 0 Å². The highest BCUT2D eigenvalue weighted by atomic mass is 16.6. The molecule has 0 fully saturated rings. The average molecular weight is 1840 g/mol. The Labute approximate surface area is 752 Å². The number of carbonyl (C=O) groups excluding carboxylic acids is 20. The molecule has 0 aromatic heterocycles. The Bertz CT molecular complexity index is 4010. The third-order valence-electron chi connectivity index (χ3n) is 14.9. The highest BCUT2D eigenvalue weighted by Crippen LogP contribution is 2.21. The van der Waals surface area contributed by atoms with E-state index in [0.717, 1.165) is 0 Å². The summed E-state index contributed by atoms with van der Waals surface area (Å²) in [6, 6.07) is -21.6. The molecule has 10 amide bonds. The van der Waals surface area contributed by atoms with Crippen LogP contribution >= 0.6 is 0 Å². The van der Waals surface area contributed by atoms with Crippen molar-refractivity contribution in [3.05, 3.63) is 10.4 Å². The van der Waals surface area contributed by atoms with Gasteiger partial charge in [0.1, 0.15) is 110 Å². The van der Waals surface area contributed by atoms with Crippen LogP contribution in [0.5, 0.6) is 0 Å². The van der Waals surface area contributed by atoms with Gasteiger partial charge in [0, 0.05) is 18.0 Å². The standard InChI is InChI=1S/C84H140N14O31/c1-75(2,3)120-55(99)35-45(85)65(109)89-47(37-57(101)122-77(7,8)9)67(111)91-49(39-59(103)124-79(13,14)15)69(113)93-51(41-61(105)126-81(19,20)21)71(115)95-53(43-63(107)128-83(25,26)27)73(117)97-54(44-64(108)129-84(28,29)30)74(118)96-52(42-62(106)127-82(22,23)24)72(116)94-50(40-60(104)125-80(16,17)18)70(114)92-48(38-58(102)123-78(10,11)12)68(112)90-46(36-56(100)121-76(4,5)6)66(110)87-31-33-119-34-32-88-98-86/h45-54H,31-44,85H2,1-30H3,(H,87,110)(H,89,109)(H,90,112)(H,91,111)(H,92,114)(H,93,113)(H,94,116)(H,95,115)(H,96,118)(H,97,117)/t45-,46+,47+,48+,49+,50+,51+,52+,53+,54+/m0/s1. The molecule has 0 aromatic carbocycles. The molecule has 0 saturated carbocycles. The van der Waals surface area contributed by atoms with Gasteiger partial charge in [0.2, 0.25) is 59.1 Å². The molecule has 10 atom stereocenters. The summed E-state index contributed by atoms with van der Waals surface area (Å²) in [6.07, 6.45) is -10.8. The lowest BCUT2D eigenvalue weighted by Gasteiger charge is -2.29. The number of nitrogens with zero attached hydrogens (tertiary/aromatic N) is 3. The molecule has 0 aliphatic carbocycles. The number of ether oxygens (including phenoxy) is 11. The molecule has 0 rings (SSSR count). The Hall–Kier alpha value is -11.4. The third-order valence-corrected chi connectivity index (χ3v) is 14.9. The summed E-state index contributed by atoms with van der Waals surface area (Å²) in [5.41, 5.74) is 2.04. The molecule has 0 aliphatic heterocycles. The van der Waals surface area contributed by atoms with Crippen LogP contribution in [0.3, 0.4) is 0 Å². The molecule has 129 heavy (non-hydrogen) atoms. The fourth-order valence-corrected chi connectivity index (χ4v) is 10.6. The molecular formula is C84H140N14O31. The number of carbonyl (C=O) groups is 20. The average Bonchev–Trinajstić information content (AvgIpc) is 0.841. The molecule has 12 N–H and O–H groups in total. The highest BCUT2D eigenvalue weighted by molar-refractivity contribution is 6.03. The van der Waals surface area contributed by atoms with Crippen LogP contribution in [-0.4, -0.2) is 261 Å². The Morgan fingerprint density at radius 2 is 0.388 bits per heavy atom. The quantitative estimate of drug-likeness (QED) is 0.0104. The van der Waals surface area contributed by atoms with Crippen molar-refractivity contribution in [3.8, 4) is 0 Å². The lowest BCUT2D eigenvalue weighted by Crippen LogP contribution is -2.62. The summed E-state index contributed by atoms with van der Waals surface area (Å²) in [7, 11) is 0. The number of nitrogens with one attached hydrogen (secondary N) is 10. The SMILES string of the molecule is CC(C)(C)OC(=O)C[C@H](N)C(=O)N[C@H](CC(=O)OC(C)(C)C)C(=O)N[C@H](CC(=O)OC(C)(C)C)C(=O)N[C@H](CC(=O)OC(C)(C)C)C(=O)N[C@H](CC(=O)OC(C)(C)C)C(=O)N[C@H](CC(=O)OC(C)(C)C)C(=O)N[C@H](CC(=O)OC(C)(C)C)C(=O)N[C@H](CC(=O)OC(C)(C)C)C(=O)N[C@H](CC(=O)OC(C)(C)C)C(=O)N[C@H](CC(=O)OC(C)(C)C)C(=O)NCCOCCN=[N+]=[N-]. The van der Waals surface area contributed by atoms with Crippen molar-refractivity contribution in [1.82, 2.24) is 53.2 Å². The molecule has 0 spiro atoms. The van der Waals surface area contributed by atoms with E-state index in [-0.39, 0.29) is 26.3 Å². The third kappa shape index (κ3) is 57.2. The summed E-state index contributed by atoms with van der Waals surface area (Å²) in [4.78, 5) is 287. The first-order valence-electron chi connectivity index (χ1n) is 41.7. The first-order valence-corrected chi connectivity index (χ1v) is 41.7. The van der Waals surface area contributed by atoms with E-state index in [9.17, 15) is 71.9 Å². The van der Waals surface area contributed by atoms with Crippen LogP contribution in [0, 0.1) is 0 Å². The Balaban J connectivity index is 8.84. The Morgan fingerprint density at radius 1 is 0.240 bits per heavy atom. The summed E-state index contributed by atoms with van der Waals surface area (Å²) < 4.78 is 60.0. The van der Waals surface area contributed by atoms with Crippen molar-refractivity contribution >= 4 is 119 Å². The molecule has 0 bridgehead atoms. The maximum atomic E-state index is 15.3. The van der Waals surface area contributed by atoms with E-state index in [1.165, 1.54) is 208 Å². The van der Waals surface area contributed by atoms with Crippen LogP contribution in [0.1, 0.15) is 272 Å². The van der Waals surface area contributed by atoms with E-state index in [1.807, 2.05) is 0 Å². The molecule has 0 aromatic rings. The van der Waals surface area contributed by atoms with Gasteiger partial charge >= 0.3 is 59.7 Å². The smallest absolute Gasteiger partial charge is 0.308 e. The van der Waals surface area contributed by atoms with Crippen LogP contribution in [0.4, 0.5) is 0 Å². The number of esters is 10. The predicted octanol–water partition coefficient (Wildman–Crippen LogP) is 2.44. The van der Waals surface area contributed by atoms with Crippen molar-refractivity contribution < 1.29 is 148 Å². The van der Waals surface area contributed by atoms with Crippen molar-refractivity contribution in [2.45, 2.75) is 388 Å². The van der Waals surface area contributed by atoms with Gasteiger partial charge in [-0.3, -0.25) is 95.9 Å². The first-order chi connectivity index (χ1) is 58.2. The minimum absolute atomic E-state index is 0.0596. The number of nitrogens with two attached hydrogens (primary N) is 1. The van der Waals surface area contributed by atoms with E-state index in [2.05, 4.69) is 63.2 Å². The van der Waals surface area contributed by atoms with E-state index >= 15 is 24.0 Å². The fraction of sp³-hybridized carbons (Fsp3) is 0.762. The molecule has 0 unspecified atom stereocenters. The summed E-state index contributed by atoms with van der Waals surface area (Å²) in [5, 5.41) is 26.0. The fourth-order valence-electron chi connectivity index (χ4n) is 10.6. The lowest BCUT2D eigenvalue weighted by molar-refractivity contribution is -0.159. The van der Waals surface area contributed by atoms with Gasteiger partial charge in [0.15, 0.2) is 0 Å². The van der Waals surface area contributed by atoms with Gasteiger partial charge in [0.05, 0.1) is 83.5 Å². The molecule has 0 saturated heterocycles. The summed E-state index contributed by atoms with van der Waals surface area (Å²) >= 11 is 0. The normalized spacial score (nSPS) is 14.5. The van der Waals surface area contributed by atoms with Crippen molar-refractivity contribution in [3.63, 3.8) is 0 Å². The zero-order chi connectivity index (χ0) is 100. The Kier molecular flexibility index (Phi) is 46.1. The zero-order valence-electron chi connectivity index (χ0n) is 80.2. The zero-order valence-corrected chi connectivity index (χ0v) is 80.2. The second-order valence-corrected chi connectivity index (χ2v) is 39.9. The molecule has 0 radical (unpaired) electrons. The van der Waals surface area contributed by atoms with Crippen LogP contribution in [-0.2, 0) is 148 Å². The van der Waals surface area contributed by atoms with Gasteiger partial charge < -0.3 is 111 Å². The van der Waals surface area contributed by atoms with Gasteiger partial charge in [-0.25, -0.2) is 0 Å². The van der Waals surface area contributed by atoms with E-state index < -0.39 is 299 Å². The molecule has 45 heteroatoms. The number of hydrogen-bond acceptors (Lipinski definition) is 33. The molecule has 45 nitrogen and oxygen atoms in total. The monoisotopic (exact) mass is 1840 g/mol. The van der Waals surface area contributed by atoms with E-state index in [4.69, 9.17) is 63.4 Å². The second-order valence-electron chi connectivity index (χ2n) is 39.9. The van der Waals surface area contributed by atoms with E-state index in [0.29, 0.717) is 0 Å².